The molecule has 0 amide bonds. The number of nitrogens with one attached hydrogen (secondary N) is 1. The van der Waals surface area contributed by atoms with Crippen molar-refractivity contribution in [3.05, 3.63) is 46.5 Å². The van der Waals surface area contributed by atoms with Gasteiger partial charge in [-0.3, -0.25) is 10.1 Å². The Labute approximate surface area is 99.9 Å². The zero-order valence-corrected chi connectivity index (χ0v) is 9.76. The van der Waals surface area contributed by atoms with Crippen LogP contribution < -0.4 is 3.53 Å². The molecule has 0 heterocycles. The van der Waals surface area contributed by atoms with E-state index in [1.54, 1.807) is 6.07 Å². The molecule has 5 heteroatoms. The maximum absolute atomic E-state index is 10.8. The molecule has 15 heavy (non-hydrogen) atoms. The van der Waals surface area contributed by atoms with Crippen LogP contribution in [0.2, 0.25) is 0 Å². The summed E-state index contributed by atoms with van der Waals surface area (Å²) >= 11 is 1.91. The van der Waals surface area contributed by atoms with Crippen LogP contribution in [0.25, 0.3) is 10.8 Å². The predicted octanol–water partition coefficient (Wildman–Crippen LogP) is 3.51. The smallest absolute Gasteiger partial charge is 0.293 e. The Kier molecular flexibility index (Phi) is 2.72. The van der Waals surface area contributed by atoms with Crippen molar-refractivity contribution in [2.45, 2.75) is 0 Å². The Morgan fingerprint density at radius 1 is 1.20 bits per heavy atom. The molecular weight excluding hydrogens is 307 g/mol. The topological polar surface area (TPSA) is 55.2 Å². The predicted molar refractivity (Wildman–Crippen MR) is 68.2 cm³/mol. The monoisotopic (exact) mass is 314 g/mol. The Bertz CT molecular complexity index is 528. The Morgan fingerprint density at radius 3 is 2.60 bits per heavy atom. The zero-order valence-electron chi connectivity index (χ0n) is 7.61. The van der Waals surface area contributed by atoms with Crippen molar-refractivity contribution in [2.75, 3.05) is 3.53 Å². The van der Waals surface area contributed by atoms with Crippen molar-refractivity contribution in [3.8, 4) is 0 Å². The van der Waals surface area contributed by atoms with Crippen molar-refractivity contribution < 1.29 is 4.92 Å². The first-order valence-corrected chi connectivity index (χ1v) is 5.34. The van der Waals surface area contributed by atoms with Crippen molar-refractivity contribution in [1.82, 2.24) is 0 Å². The number of halogens is 1. The molecule has 0 spiro atoms. The Hall–Kier alpha value is -1.37. The van der Waals surface area contributed by atoms with Crippen LogP contribution in [0.15, 0.2) is 36.4 Å². The summed E-state index contributed by atoms with van der Waals surface area (Å²) in [6.07, 6.45) is 0. The minimum atomic E-state index is -0.382. The summed E-state index contributed by atoms with van der Waals surface area (Å²) in [5.41, 5.74) is 0.654. The maximum atomic E-state index is 10.8. The van der Waals surface area contributed by atoms with Gasteiger partial charge in [0.05, 0.1) is 27.8 Å². The van der Waals surface area contributed by atoms with E-state index in [4.69, 9.17) is 0 Å². The minimum absolute atomic E-state index is 0.100. The molecule has 0 unspecified atom stereocenters. The van der Waals surface area contributed by atoms with E-state index < -0.39 is 0 Å². The number of nitro benzene ring substituents is 1. The fraction of sp³-hybridized carbons (Fsp3) is 0. The van der Waals surface area contributed by atoms with E-state index in [0.29, 0.717) is 5.69 Å². The first kappa shape index (κ1) is 10.2. The third-order valence-corrected chi connectivity index (χ3v) is 2.74. The molecule has 2 aromatic carbocycles. The second kappa shape index (κ2) is 4.01. The maximum Gasteiger partial charge on any atom is 0.293 e. The van der Waals surface area contributed by atoms with Gasteiger partial charge in [-0.15, -0.1) is 0 Å². The number of anilines is 1. The number of rotatable bonds is 2. The van der Waals surface area contributed by atoms with Gasteiger partial charge in [-0.25, -0.2) is 0 Å². The van der Waals surface area contributed by atoms with E-state index in [1.165, 1.54) is 6.07 Å². The van der Waals surface area contributed by atoms with Crippen LogP contribution in [0.1, 0.15) is 0 Å². The van der Waals surface area contributed by atoms with Crippen LogP contribution in [0.5, 0.6) is 0 Å². The molecule has 0 atom stereocenters. The molecular formula is C10H7IN2O2. The van der Waals surface area contributed by atoms with E-state index >= 15 is 0 Å². The Morgan fingerprint density at radius 2 is 1.93 bits per heavy atom. The summed E-state index contributed by atoms with van der Waals surface area (Å²) in [6.45, 7) is 0. The van der Waals surface area contributed by atoms with Gasteiger partial charge in [0.1, 0.15) is 5.69 Å². The number of benzene rings is 2. The molecule has 4 nitrogen and oxygen atoms in total. The van der Waals surface area contributed by atoms with Gasteiger partial charge in [0.2, 0.25) is 0 Å². The summed E-state index contributed by atoms with van der Waals surface area (Å²) < 4.78 is 2.85. The van der Waals surface area contributed by atoms with Crippen molar-refractivity contribution in [3.63, 3.8) is 0 Å². The molecule has 0 radical (unpaired) electrons. The van der Waals surface area contributed by atoms with Crippen LogP contribution in [0, 0.1) is 10.1 Å². The summed E-state index contributed by atoms with van der Waals surface area (Å²) in [6, 6.07) is 10.8. The molecule has 0 bridgehead atoms. The van der Waals surface area contributed by atoms with Crippen molar-refractivity contribution in [1.29, 1.82) is 0 Å². The normalized spacial score (nSPS) is 10.2. The number of hydrogen-bond donors (Lipinski definition) is 1. The van der Waals surface area contributed by atoms with Crippen LogP contribution >= 0.6 is 22.9 Å². The zero-order chi connectivity index (χ0) is 10.8. The van der Waals surface area contributed by atoms with E-state index in [1.807, 2.05) is 47.1 Å². The van der Waals surface area contributed by atoms with Gasteiger partial charge in [0, 0.05) is 11.5 Å². The molecule has 76 valence electrons. The molecule has 0 aliphatic heterocycles. The number of fused-ring (bicyclic) bond motifs is 1. The average Bonchev–Trinajstić information content (AvgIpc) is 2.27. The van der Waals surface area contributed by atoms with Gasteiger partial charge in [0.15, 0.2) is 0 Å². The highest BCUT2D eigenvalue weighted by Gasteiger charge is 2.15. The summed E-state index contributed by atoms with van der Waals surface area (Å²) in [5, 5.41) is 12.6. The molecule has 2 aromatic rings. The van der Waals surface area contributed by atoms with Crippen LogP contribution in [-0.2, 0) is 0 Å². The van der Waals surface area contributed by atoms with E-state index in [2.05, 4.69) is 3.53 Å². The third-order valence-electron chi connectivity index (χ3n) is 2.20. The lowest BCUT2D eigenvalue weighted by atomic mass is 10.1. The standard InChI is InChI=1S/C10H7IN2O2/c11-12-10-8-4-2-1-3-7(8)5-6-9(10)13(14)15/h1-6,12H. The molecule has 2 rings (SSSR count). The quantitative estimate of drug-likeness (QED) is 0.399. The molecule has 0 saturated carbocycles. The van der Waals surface area contributed by atoms with Crippen LogP contribution in [-0.4, -0.2) is 4.92 Å². The number of nitro groups is 1. The highest BCUT2D eigenvalue weighted by atomic mass is 127. The average molecular weight is 314 g/mol. The SMILES string of the molecule is O=[N+]([O-])c1ccc2ccccc2c1NI. The molecule has 0 aliphatic carbocycles. The Balaban J connectivity index is 2.81. The van der Waals surface area contributed by atoms with Crippen LogP contribution in [0.4, 0.5) is 11.4 Å². The van der Waals surface area contributed by atoms with Crippen molar-refractivity contribution in [2.24, 2.45) is 0 Å². The molecule has 0 fully saturated rings. The van der Waals surface area contributed by atoms with Gasteiger partial charge in [-0.05, 0) is 11.5 Å². The summed E-state index contributed by atoms with van der Waals surface area (Å²) in [5.74, 6) is 0. The highest BCUT2D eigenvalue weighted by molar-refractivity contribution is 14.1. The lowest BCUT2D eigenvalue weighted by molar-refractivity contribution is -0.383. The number of nitrogens with zero attached hydrogens (tertiary/aromatic N) is 1. The molecule has 0 saturated heterocycles. The molecule has 0 aromatic heterocycles. The largest absolute Gasteiger partial charge is 0.322 e. The number of hydrogen-bond acceptors (Lipinski definition) is 3. The van der Waals surface area contributed by atoms with Crippen LogP contribution in [0.3, 0.4) is 0 Å². The van der Waals surface area contributed by atoms with E-state index in [0.717, 1.165) is 10.8 Å². The highest BCUT2D eigenvalue weighted by Crippen LogP contribution is 2.33. The van der Waals surface area contributed by atoms with Gasteiger partial charge < -0.3 is 3.53 Å². The first-order valence-electron chi connectivity index (χ1n) is 4.27. The third kappa shape index (κ3) is 1.74. The van der Waals surface area contributed by atoms with E-state index in [9.17, 15) is 10.1 Å². The molecule has 0 aliphatic rings. The first-order chi connectivity index (χ1) is 7.24. The fourth-order valence-electron chi connectivity index (χ4n) is 1.51. The fourth-order valence-corrected chi connectivity index (χ4v) is 2.08. The molecule has 1 N–H and O–H groups in total. The minimum Gasteiger partial charge on any atom is -0.322 e. The second-order valence-electron chi connectivity index (χ2n) is 3.03. The van der Waals surface area contributed by atoms with Gasteiger partial charge in [-0.2, -0.15) is 0 Å². The second-order valence-corrected chi connectivity index (χ2v) is 3.57. The van der Waals surface area contributed by atoms with Crippen molar-refractivity contribution >= 4 is 45.0 Å². The van der Waals surface area contributed by atoms with Gasteiger partial charge >= 0.3 is 0 Å². The van der Waals surface area contributed by atoms with E-state index in [-0.39, 0.29) is 10.6 Å². The van der Waals surface area contributed by atoms with Gasteiger partial charge in [0.25, 0.3) is 5.69 Å². The lowest BCUT2D eigenvalue weighted by Gasteiger charge is -2.05. The summed E-state index contributed by atoms with van der Waals surface area (Å²) in [4.78, 5) is 10.4. The summed E-state index contributed by atoms with van der Waals surface area (Å²) in [7, 11) is 0. The van der Waals surface area contributed by atoms with Gasteiger partial charge in [-0.1, -0.05) is 24.3 Å². The lowest BCUT2D eigenvalue weighted by Crippen LogP contribution is -1.93.